The molecule has 0 spiro atoms. The van der Waals surface area contributed by atoms with E-state index in [9.17, 15) is 9.59 Å². The Balaban J connectivity index is 1.29. The van der Waals surface area contributed by atoms with E-state index in [1.54, 1.807) is 72.8 Å². The van der Waals surface area contributed by atoms with Crippen LogP contribution >= 0.6 is 34.8 Å². The van der Waals surface area contributed by atoms with Crippen molar-refractivity contribution in [2.75, 3.05) is 0 Å². The van der Waals surface area contributed by atoms with Crippen molar-refractivity contribution < 1.29 is 19.1 Å². The minimum absolute atomic E-state index is 0.238. The standard InChI is InChI=1S/C32H21Cl3N2O4/c33-23-13-9-22(29(35)17-23)19-40-24-14-10-21(11-15-24)31(38)37-36-18-27-25-6-2-1-5-20(25)12-16-30(27)41-32(39)26-7-3-4-8-28(26)34/h1-18H,19H2,(H,37,38)/b36-18-. The molecule has 0 saturated carbocycles. The predicted molar refractivity (Wildman–Crippen MR) is 163 cm³/mol. The van der Waals surface area contributed by atoms with E-state index in [0.717, 1.165) is 16.3 Å². The number of nitrogens with one attached hydrogen (secondary N) is 1. The van der Waals surface area contributed by atoms with Crippen molar-refractivity contribution in [3.05, 3.63) is 140 Å². The quantitative estimate of drug-likeness (QED) is 0.0837. The normalized spacial score (nSPS) is 11.0. The zero-order chi connectivity index (χ0) is 28.8. The second-order valence-electron chi connectivity index (χ2n) is 8.82. The smallest absolute Gasteiger partial charge is 0.345 e. The van der Waals surface area contributed by atoms with E-state index >= 15 is 0 Å². The van der Waals surface area contributed by atoms with Gasteiger partial charge in [0.15, 0.2) is 0 Å². The molecule has 1 amide bonds. The van der Waals surface area contributed by atoms with E-state index in [0.29, 0.717) is 26.9 Å². The molecular weight excluding hydrogens is 583 g/mol. The molecule has 0 aliphatic carbocycles. The van der Waals surface area contributed by atoms with Crippen molar-refractivity contribution in [3.8, 4) is 11.5 Å². The number of benzene rings is 5. The maximum absolute atomic E-state index is 12.8. The molecule has 0 bridgehead atoms. The Morgan fingerprint density at radius 2 is 1.56 bits per heavy atom. The van der Waals surface area contributed by atoms with Gasteiger partial charge < -0.3 is 9.47 Å². The number of halogens is 3. The predicted octanol–water partition coefficient (Wildman–Crippen LogP) is 8.36. The summed E-state index contributed by atoms with van der Waals surface area (Å²) in [5, 5.41) is 7.19. The average Bonchev–Trinajstić information content (AvgIpc) is 2.98. The van der Waals surface area contributed by atoms with Crippen molar-refractivity contribution in [2.45, 2.75) is 6.61 Å². The Bertz CT molecular complexity index is 1770. The van der Waals surface area contributed by atoms with Crippen molar-refractivity contribution in [1.82, 2.24) is 5.43 Å². The maximum Gasteiger partial charge on any atom is 0.345 e. The number of rotatable bonds is 8. The molecule has 9 heteroatoms. The topological polar surface area (TPSA) is 77.0 Å². The average molecular weight is 604 g/mol. The van der Waals surface area contributed by atoms with E-state index in [-0.39, 0.29) is 22.9 Å². The van der Waals surface area contributed by atoms with E-state index < -0.39 is 11.9 Å². The summed E-state index contributed by atoms with van der Waals surface area (Å²) in [5.74, 6) is -0.195. The van der Waals surface area contributed by atoms with E-state index in [4.69, 9.17) is 44.3 Å². The first-order valence-electron chi connectivity index (χ1n) is 12.4. The van der Waals surface area contributed by atoms with Crippen LogP contribution in [-0.2, 0) is 6.61 Å². The fourth-order valence-corrected chi connectivity index (χ4v) is 4.68. The summed E-state index contributed by atoms with van der Waals surface area (Å²) in [5.41, 5.74) is 4.45. The lowest BCUT2D eigenvalue weighted by Crippen LogP contribution is -2.17. The number of hydrazone groups is 1. The zero-order valence-electron chi connectivity index (χ0n) is 21.3. The Morgan fingerprint density at radius 3 is 2.34 bits per heavy atom. The Hall–Kier alpha value is -4.36. The molecule has 204 valence electrons. The fraction of sp³-hybridized carbons (Fsp3) is 0.0312. The number of ether oxygens (including phenoxy) is 2. The van der Waals surface area contributed by atoms with Crippen LogP contribution in [0.15, 0.2) is 108 Å². The summed E-state index contributed by atoms with van der Waals surface area (Å²) in [6, 6.07) is 29.5. The molecule has 0 fully saturated rings. The third-order valence-corrected chi connectivity index (χ3v) is 7.03. The van der Waals surface area contributed by atoms with Crippen LogP contribution < -0.4 is 14.9 Å². The first kappa shape index (κ1) is 28.2. The van der Waals surface area contributed by atoms with Gasteiger partial charge in [-0.2, -0.15) is 5.10 Å². The summed E-state index contributed by atoms with van der Waals surface area (Å²) < 4.78 is 11.5. The highest BCUT2D eigenvalue weighted by Gasteiger charge is 2.16. The van der Waals surface area contributed by atoms with Crippen molar-refractivity contribution in [2.24, 2.45) is 5.10 Å². The highest BCUT2D eigenvalue weighted by molar-refractivity contribution is 6.35. The van der Waals surface area contributed by atoms with E-state index in [1.165, 1.54) is 6.21 Å². The van der Waals surface area contributed by atoms with Gasteiger partial charge in [0.05, 0.1) is 16.8 Å². The van der Waals surface area contributed by atoms with Gasteiger partial charge in [-0.25, -0.2) is 10.2 Å². The SMILES string of the molecule is O=C(N/N=C\c1c(OC(=O)c2ccccc2Cl)ccc2ccccc12)c1ccc(OCc2ccc(Cl)cc2Cl)cc1. The number of amides is 1. The van der Waals surface area contributed by atoms with Crippen LogP contribution in [0.3, 0.4) is 0 Å². The van der Waals surface area contributed by atoms with Crippen LogP contribution in [0.25, 0.3) is 10.8 Å². The first-order valence-corrected chi connectivity index (χ1v) is 13.5. The molecule has 6 nitrogen and oxygen atoms in total. The number of carbonyl (C=O) groups excluding carboxylic acids is 2. The Morgan fingerprint density at radius 1 is 0.805 bits per heavy atom. The molecule has 5 aromatic rings. The van der Waals surface area contributed by atoms with Crippen molar-refractivity contribution in [1.29, 1.82) is 0 Å². The van der Waals surface area contributed by atoms with Crippen molar-refractivity contribution >= 4 is 63.7 Å². The lowest BCUT2D eigenvalue weighted by atomic mass is 10.0. The Kier molecular flexibility index (Phi) is 8.85. The van der Waals surface area contributed by atoms with Gasteiger partial charge in [-0.3, -0.25) is 4.79 Å². The molecule has 0 heterocycles. The minimum Gasteiger partial charge on any atom is -0.489 e. The third kappa shape index (κ3) is 6.87. The van der Waals surface area contributed by atoms with E-state index in [1.807, 2.05) is 30.3 Å². The van der Waals surface area contributed by atoms with Gasteiger partial charge in [0.1, 0.15) is 18.1 Å². The minimum atomic E-state index is -0.606. The highest BCUT2D eigenvalue weighted by atomic mass is 35.5. The number of fused-ring (bicyclic) bond motifs is 1. The lowest BCUT2D eigenvalue weighted by molar-refractivity contribution is 0.0734. The summed E-state index contributed by atoms with van der Waals surface area (Å²) in [6.07, 6.45) is 1.45. The number of hydrogen-bond acceptors (Lipinski definition) is 5. The molecule has 0 saturated heterocycles. The van der Waals surface area contributed by atoms with Gasteiger partial charge in [-0.15, -0.1) is 0 Å². The molecule has 0 unspecified atom stereocenters. The van der Waals surface area contributed by atoms with Crippen LogP contribution in [0, 0.1) is 0 Å². The van der Waals surface area contributed by atoms with Crippen molar-refractivity contribution in [3.63, 3.8) is 0 Å². The fourth-order valence-electron chi connectivity index (χ4n) is 4.00. The highest BCUT2D eigenvalue weighted by Crippen LogP contribution is 2.28. The number of nitrogens with zero attached hydrogens (tertiary/aromatic N) is 1. The third-order valence-electron chi connectivity index (χ3n) is 6.11. The first-order chi connectivity index (χ1) is 19.9. The number of hydrogen-bond donors (Lipinski definition) is 1. The summed E-state index contributed by atoms with van der Waals surface area (Å²) in [6.45, 7) is 0.250. The van der Waals surface area contributed by atoms with Crippen LogP contribution in [0.2, 0.25) is 15.1 Å². The molecule has 5 rings (SSSR count). The van der Waals surface area contributed by atoms with Gasteiger partial charge >= 0.3 is 5.97 Å². The van der Waals surface area contributed by atoms with Gasteiger partial charge in [0.25, 0.3) is 5.91 Å². The van der Waals surface area contributed by atoms with Crippen LogP contribution in [-0.4, -0.2) is 18.1 Å². The summed E-state index contributed by atoms with van der Waals surface area (Å²) >= 11 is 18.3. The van der Waals surface area contributed by atoms with Crippen LogP contribution in [0.4, 0.5) is 0 Å². The second kappa shape index (κ2) is 12.9. The van der Waals surface area contributed by atoms with Gasteiger partial charge in [0.2, 0.25) is 0 Å². The number of esters is 1. The molecule has 0 aliphatic rings. The number of carbonyl (C=O) groups is 2. The second-order valence-corrected chi connectivity index (χ2v) is 10.1. The summed E-state index contributed by atoms with van der Waals surface area (Å²) in [4.78, 5) is 25.6. The Labute approximate surface area is 251 Å². The molecular formula is C32H21Cl3N2O4. The van der Waals surface area contributed by atoms with Gasteiger partial charge in [0, 0.05) is 26.7 Å². The molecule has 41 heavy (non-hydrogen) atoms. The monoisotopic (exact) mass is 602 g/mol. The summed E-state index contributed by atoms with van der Waals surface area (Å²) in [7, 11) is 0. The maximum atomic E-state index is 12.8. The molecule has 1 N–H and O–H groups in total. The molecule has 0 atom stereocenters. The molecule has 0 aromatic heterocycles. The van der Waals surface area contributed by atoms with Crippen LogP contribution in [0.5, 0.6) is 11.5 Å². The van der Waals surface area contributed by atoms with Gasteiger partial charge in [-0.1, -0.05) is 83.3 Å². The largest absolute Gasteiger partial charge is 0.489 e. The molecule has 5 aromatic carbocycles. The molecule has 0 aliphatic heterocycles. The van der Waals surface area contributed by atoms with E-state index in [2.05, 4.69) is 10.5 Å². The van der Waals surface area contributed by atoms with Crippen LogP contribution in [0.1, 0.15) is 31.8 Å². The lowest BCUT2D eigenvalue weighted by Gasteiger charge is -2.11. The zero-order valence-corrected chi connectivity index (χ0v) is 23.6. The molecule has 0 radical (unpaired) electrons. The van der Waals surface area contributed by atoms with Gasteiger partial charge in [-0.05, 0) is 65.4 Å².